The number of ether oxygens (including phenoxy) is 1. The predicted octanol–water partition coefficient (Wildman–Crippen LogP) is 2.67. The van der Waals surface area contributed by atoms with Gasteiger partial charge in [-0.2, -0.15) is 13.2 Å². The topological polar surface area (TPSA) is 38.3 Å². The van der Waals surface area contributed by atoms with Gasteiger partial charge >= 0.3 is 6.18 Å². The van der Waals surface area contributed by atoms with Gasteiger partial charge in [-0.1, -0.05) is 9.39 Å². The molecule has 3 nitrogen and oxygen atoms in total. The molecule has 1 saturated heterocycles. The highest BCUT2D eigenvalue weighted by Gasteiger charge is 2.51. The van der Waals surface area contributed by atoms with Gasteiger partial charge in [-0.3, -0.25) is 9.88 Å². The van der Waals surface area contributed by atoms with Gasteiger partial charge in [0.05, 0.1) is 0 Å². The van der Waals surface area contributed by atoms with Gasteiger partial charge in [0.2, 0.25) is 6.10 Å². The van der Waals surface area contributed by atoms with Crippen LogP contribution in [-0.2, 0) is 9.53 Å². The molecule has 116 valence electrons. The number of nitrogens with one attached hydrogen (secondary N) is 1. The van der Waals surface area contributed by atoms with E-state index in [1.165, 1.54) is 0 Å². The zero-order valence-electron chi connectivity index (χ0n) is 10.5. The molecule has 2 rings (SSSR count). The Labute approximate surface area is 119 Å². The third-order valence-corrected chi connectivity index (χ3v) is 3.57. The Morgan fingerprint density at radius 2 is 1.95 bits per heavy atom. The number of halogens is 5. The van der Waals surface area contributed by atoms with Crippen molar-refractivity contribution in [1.82, 2.24) is 5.09 Å². The van der Waals surface area contributed by atoms with Crippen molar-refractivity contribution in [2.75, 3.05) is 0 Å². The first-order valence-electron chi connectivity index (χ1n) is 5.90. The molecule has 21 heavy (non-hydrogen) atoms. The first kappa shape index (κ1) is 16.3. The third kappa shape index (κ3) is 3.39. The van der Waals surface area contributed by atoms with E-state index in [-0.39, 0.29) is 5.56 Å². The van der Waals surface area contributed by atoms with Crippen molar-refractivity contribution in [3.63, 3.8) is 0 Å². The molecule has 0 bridgehead atoms. The van der Waals surface area contributed by atoms with Gasteiger partial charge in [-0.05, 0) is 18.2 Å². The number of ketones is 1. The van der Waals surface area contributed by atoms with Crippen LogP contribution in [0.1, 0.15) is 18.1 Å². The van der Waals surface area contributed by atoms with Crippen LogP contribution in [0, 0.1) is 11.6 Å². The van der Waals surface area contributed by atoms with Crippen LogP contribution in [0.2, 0.25) is 0 Å². The van der Waals surface area contributed by atoms with E-state index in [0.717, 1.165) is 18.2 Å². The minimum atomic E-state index is -4.90. The van der Waals surface area contributed by atoms with Crippen LogP contribution in [0.5, 0.6) is 0 Å². The Morgan fingerprint density at radius 3 is 2.52 bits per heavy atom. The van der Waals surface area contributed by atoms with Gasteiger partial charge in [0.25, 0.3) is 0 Å². The number of rotatable bonds is 2. The van der Waals surface area contributed by atoms with Crippen molar-refractivity contribution in [3.8, 4) is 0 Å². The summed E-state index contributed by atoms with van der Waals surface area (Å²) < 4.78 is 69.9. The number of alkyl halides is 3. The molecule has 1 unspecified atom stereocenters. The summed E-state index contributed by atoms with van der Waals surface area (Å²) in [6.45, 7) is 0. The highest BCUT2D eigenvalue weighted by molar-refractivity contribution is 7.13. The van der Waals surface area contributed by atoms with Crippen LogP contribution >= 0.6 is 9.39 Å². The zero-order chi connectivity index (χ0) is 15.8. The lowest BCUT2D eigenvalue weighted by molar-refractivity contribution is -0.239. The molecule has 1 aliphatic heterocycles. The fourth-order valence-corrected chi connectivity index (χ4v) is 2.47. The number of benzene rings is 1. The summed E-state index contributed by atoms with van der Waals surface area (Å²) in [5.41, 5.74) is -0.364. The summed E-state index contributed by atoms with van der Waals surface area (Å²) in [5.74, 6) is -2.87. The average Bonchev–Trinajstić information content (AvgIpc) is 2.40. The van der Waals surface area contributed by atoms with Crippen molar-refractivity contribution in [2.45, 2.75) is 30.8 Å². The van der Waals surface area contributed by atoms with Crippen LogP contribution < -0.4 is 5.09 Å². The zero-order valence-corrected chi connectivity index (χ0v) is 11.6. The maximum absolute atomic E-state index is 13.7. The van der Waals surface area contributed by atoms with Crippen molar-refractivity contribution >= 4 is 15.2 Å². The van der Waals surface area contributed by atoms with Crippen molar-refractivity contribution in [3.05, 3.63) is 35.4 Å². The van der Waals surface area contributed by atoms with Crippen molar-refractivity contribution in [2.24, 2.45) is 0 Å². The Bertz CT molecular complexity index is 551. The molecule has 1 aliphatic rings. The SMILES string of the molecule is O=C1C[C@H](NP)[C@@H](c2cc(F)ccc2F)O[C@H]1C(F)(F)F. The first-order valence-corrected chi connectivity index (χ1v) is 6.47. The minimum absolute atomic E-state index is 0.364. The Morgan fingerprint density at radius 1 is 1.29 bits per heavy atom. The van der Waals surface area contributed by atoms with Gasteiger partial charge in [0.15, 0.2) is 5.78 Å². The minimum Gasteiger partial charge on any atom is -0.351 e. The maximum Gasteiger partial charge on any atom is 0.421 e. The third-order valence-electron chi connectivity index (χ3n) is 3.14. The summed E-state index contributed by atoms with van der Waals surface area (Å²) in [6.07, 6.45) is -9.47. The highest BCUT2D eigenvalue weighted by atomic mass is 31.0. The molecule has 0 spiro atoms. The van der Waals surface area contributed by atoms with Crippen molar-refractivity contribution in [1.29, 1.82) is 0 Å². The van der Waals surface area contributed by atoms with Gasteiger partial charge in [0.1, 0.15) is 17.7 Å². The molecule has 1 N–H and O–H groups in total. The summed E-state index contributed by atoms with van der Waals surface area (Å²) >= 11 is 0. The van der Waals surface area contributed by atoms with Gasteiger partial charge in [-0.25, -0.2) is 8.78 Å². The van der Waals surface area contributed by atoms with Crippen molar-refractivity contribution < 1.29 is 31.5 Å². The van der Waals surface area contributed by atoms with Gasteiger partial charge < -0.3 is 4.74 Å². The Hall–Kier alpha value is -1.11. The summed E-state index contributed by atoms with van der Waals surface area (Å²) in [6, 6.07) is 1.50. The van der Waals surface area contributed by atoms with Gasteiger partial charge in [0, 0.05) is 18.0 Å². The molecule has 0 saturated carbocycles. The lowest BCUT2D eigenvalue weighted by atomic mass is 9.92. The van der Waals surface area contributed by atoms with Crippen LogP contribution in [0.25, 0.3) is 0 Å². The number of hydrogen-bond acceptors (Lipinski definition) is 3. The Kier molecular flexibility index (Phi) is 4.60. The molecule has 0 aliphatic carbocycles. The molecule has 4 atom stereocenters. The number of Topliss-reactive ketones (excluding diaryl/α,β-unsaturated/α-hetero) is 1. The second-order valence-corrected chi connectivity index (χ2v) is 4.92. The lowest BCUT2D eigenvalue weighted by Crippen LogP contribution is -2.50. The maximum atomic E-state index is 13.7. The summed E-state index contributed by atoms with van der Waals surface area (Å²) in [4.78, 5) is 11.5. The average molecular weight is 327 g/mol. The Balaban J connectivity index is 2.39. The summed E-state index contributed by atoms with van der Waals surface area (Å²) in [5, 5.41) is 2.52. The van der Waals surface area contributed by atoms with E-state index in [2.05, 4.69) is 5.09 Å². The van der Waals surface area contributed by atoms with Crippen LogP contribution in [0.15, 0.2) is 18.2 Å². The number of hydrogen-bond donors (Lipinski definition) is 1. The molecular weight excluding hydrogens is 316 g/mol. The van der Waals surface area contributed by atoms with E-state index >= 15 is 0 Å². The van der Waals surface area contributed by atoms with Crippen LogP contribution in [-0.4, -0.2) is 24.1 Å². The smallest absolute Gasteiger partial charge is 0.351 e. The second kappa shape index (κ2) is 5.94. The molecule has 9 heteroatoms. The first-order chi connectivity index (χ1) is 9.74. The van der Waals surface area contributed by atoms with E-state index in [0.29, 0.717) is 0 Å². The van der Waals surface area contributed by atoms with E-state index in [1.54, 1.807) is 0 Å². The highest BCUT2D eigenvalue weighted by Crippen LogP contribution is 2.38. The number of carbonyl (C=O) groups excluding carboxylic acids is 1. The molecule has 1 aromatic rings. The fraction of sp³-hybridized carbons (Fsp3) is 0.417. The second-order valence-electron chi connectivity index (χ2n) is 4.59. The molecular formula is C12H11F5NO2P. The predicted molar refractivity (Wildman–Crippen MR) is 66.3 cm³/mol. The van der Waals surface area contributed by atoms with E-state index in [1.807, 2.05) is 9.39 Å². The molecule has 1 aromatic carbocycles. The van der Waals surface area contributed by atoms with Gasteiger partial charge in [-0.15, -0.1) is 0 Å². The van der Waals surface area contributed by atoms with E-state index in [4.69, 9.17) is 4.74 Å². The monoisotopic (exact) mass is 327 g/mol. The largest absolute Gasteiger partial charge is 0.421 e. The quantitative estimate of drug-likeness (QED) is 0.670. The molecule has 0 amide bonds. The molecule has 0 aromatic heterocycles. The normalized spacial score (nSPS) is 27.0. The lowest BCUT2D eigenvalue weighted by Gasteiger charge is -2.36. The fourth-order valence-electron chi connectivity index (χ4n) is 2.18. The number of carbonyl (C=O) groups is 1. The van der Waals surface area contributed by atoms with E-state index in [9.17, 15) is 26.7 Å². The van der Waals surface area contributed by atoms with E-state index < -0.39 is 48.3 Å². The molecule has 1 fully saturated rings. The molecule has 0 radical (unpaired) electrons. The van der Waals surface area contributed by atoms with Crippen LogP contribution in [0.4, 0.5) is 22.0 Å². The summed E-state index contributed by atoms with van der Waals surface area (Å²) in [7, 11) is 2.03. The van der Waals surface area contributed by atoms with Crippen LogP contribution in [0.3, 0.4) is 0 Å². The standard InChI is InChI=1S/C12H11F5NO2P/c13-5-1-2-7(14)6(3-5)10-8(18-21)4-9(19)11(20-10)12(15,16)17/h1-3,8,10-11,18H,4,21H2/t8-,10+,11+/m0/s1. The molecule has 1 heterocycles.